The van der Waals surface area contributed by atoms with Crippen LogP contribution < -0.4 is 10.1 Å². The maximum Gasteiger partial charge on any atom is 0.335 e. The number of fused-ring (bicyclic) bond motifs is 1. The molecule has 0 bridgehead atoms. The molecule has 1 saturated carbocycles. The van der Waals surface area contributed by atoms with Gasteiger partial charge in [-0.3, -0.25) is 0 Å². The van der Waals surface area contributed by atoms with Crippen LogP contribution in [0.15, 0.2) is 42.6 Å². The molecule has 1 aliphatic carbocycles. The van der Waals surface area contributed by atoms with Crippen molar-refractivity contribution in [1.82, 2.24) is 5.32 Å². The number of aromatic carboxylic acids is 1. The molecule has 0 saturated heterocycles. The molecule has 5 rings (SSSR count). The highest BCUT2D eigenvalue weighted by molar-refractivity contribution is 6.30. The first-order chi connectivity index (χ1) is 15.7. The van der Waals surface area contributed by atoms with Gasteiger partial charge in [0.25, 0.3) is 0 Å². The van der Waals surface area contributed by atoms with E-state index in [1.807, 2.05) is 12.1 Å². The Kier molecular flexibility index (Phi) is 5.68. The molecule has 2 heterocycles. The summed E-state index contributed by atoms with van der Waals surface area (Å²) in [5.74, 6) is 0.820. The third kappa shape index (κ3) is 4.63. The number of aryl methyl sites for hydroxylation is 1. The fourth-order valence-corrected chi connectivity index (χ4v) is 5.99. The van der Waals surface area contributed by atoms with Crippen LogP contribution in [0.3, 0.4) is 0 Å². The van der Waals surface area contributed by atoms with Gasteiger partial charge in [0.2, 0.25) is 0 Å². The summed E-state index contributed by atoms with van der Waals surface area (Å²) in [5, 5.41) is 13.6. The van der Waals surface area contributed by atoms with E-state index in [1.54, 1.807) is 12.1 Å². The third-order valence-electron chi connectivity index (χ3n) is 7.74. The highest BCUT2D eigenvalue weighted by Gasteiger charge is 2.39. The molecule has 1 fully saturated rings. The van der Waals surface area contributed by atoms with Crippen molar-refractivity contribution in [3.05, 3.63) is 69.9 Å². The molecule has 0 amide bonds. The quantitative estimate of drug-likeness (QED) is 0.530. The van der Waals surface area contributed by atoms with Crippen LogP contribution in [0.25, 0.3) is 5.57 Å². The SMILES string of the molecule is CC1(C)CCc2cc(Cl)cc(CC3CCC4(CC3)CC(c3ccc(C(=O)O)cc3)=CN4)c2O1. The monoisotopic (exact) mass is 465 g/mol. The molecule has 0 atom stereocenters. The lowest BCUT2D eigenvalue weighted by atomic mass is 9.72. The molecule has 1 spiro atoms. The van der Waals surface area contributed by atoms with Crippen LogP contribution in [0.4, 0.5) is 0 Å². The fourth-order valence-electron chi connectivity index (χ4n) is 5.73. The minimum atomic E-state index is -0.884. The van der Waals surface area contributed by atoms with Crippen LogP contribution in [-0.4, -0.2) is 22.2 Å². The van der Waals surface area contributed by atoms with Crippen molar-refractivity contribution in [1.29, 1.82) is 0 Å². The summed E-state index contributed by atoms with van der Waals surface area (Å²) in [5.41, 5.74) is 5.24. The number of hydrogen-bond acceptors (Lipinski definition) is 3. The Morgan fingerprint density at radius 1 is 1.15 bits per heavy atom. The first kappa shape index (κ1) is 22.3. The summed E-state index contributed by atoms with van der Waals surface area (Å²) in [6.07, 6.45) is 10.8. The first-order valence-electron chi connectivity index (χ1n) is 12.0. The van der Waals surface area contributed by atoms with E-state index in [-0.39, 0.29) is 11.1 Å². The van der Waals surface area contributed by atoms with Crippen molar-refractivity contribution in [2.24, 2.45) is 5.92 Å². The van der Waals surface area contributed by atoms with Gasteiger partial charge >= 0.3 is 5.97 Å². The van der Waals surface area contributed by atoms with Crippen LogP contribution in [-0.2, 0) is 12.8 Å². The van der Waals surface area contributed by atoms with Crippen LogP contribution in [0.5, 0.6) is 5.75 Å². The molecule has 2 N–H and O–H groups in total. The first-order valence-corrected chi connectivity index (χ1v) is 12.4. The van der Waals surface area contributed by atoms with Crippen molar-refractivity contribution < 1.29 is 14.6 Å². The van der Waals surface area contributed by atoms with E-state index in [0.717, 1.165) is 54.9 Å². The lowest BCUT2D eigenvalue weighted by molar-refractivity contribution is 0.0696. The standard InChI is InChI=1S/C28H32ClNO3/c1-27(2)10-9-21-14-24(29)15-22(25(21)33-27)13-18-7-11-28(12-8-18)16-23(17-30-28)19-3-5-20(6-4-19)26(31)32/h3-6,14-15,17-18,30H,7-13,16H2,1-2H3,(H,31,32). The van der Waals surface area contributed by atoms with Crippen molar-refractivity contribution >= 4 is 23.1 Å². The highest BCUT2D eigenvalue weighted by Crippen LogP contribution is 2.44. The van der Waals surface area contributed by atoms with Gasteiger partial charge in [0.15, 0.2) is 0 Å². The van der Waals surface area contributed by atoms with Crippen molar-refractivity contribution in [2.75, 3.05) is 0 Å². The summed E-state index contributed by atoms with van der Waals surface area (Å²) >= 11 is 6.47. The Bertz CT molecular complexity index is 1090. The molecule has 0 unspecified atom stereocenters. The van der Waals surface area contributed by atoms with Crippen molar-refractivity contribution in [3.8, 4) is 5.75 Å². The average molecular weight is 466 g/mol. The van der Waals surface area contributed by atoms with Crippen molar-refractivity contribution in [2.45, 2.75) is 76.4 Å². The van der Waals surface area contributed by atoms with E-state index < -0.39 is 5.97 Å². The molecule has 0 aromatic heterocycles. The van der Waals surface area contributed by atoms with Crippen LogP contribution in [0, 0.1) is 5.92 Å². The Hall–Kier alpha value is -2.46. The average Bonchev–Trinajstić information content (AvgIpc) is 3.19. The van der Waals surface area contributed by atoms with E-state index >= 15 is 0 Å². The second-order valence-corrected chi connectivity index (χ2v) is 11.2. The Balaban J connectivity index is 1.23. The number of benzene rings is 2. The van der Waals surface area contributed by atoms with Gasteiger partial charge < -0.3 is 15.2 Å². The maximum absolute atomic E-state index is 11.1. The van der Waals surface area contributed by atoms with E-state index in [0.29, 0.717) is 11.5 Å². The topological polar surface area (TPSA) is 58.6 Å². The van der Waals surface area contributed by atoms with Crippen LogP contribution >= 0.6 is 11.6 Å². The number of carboxylic acid groups (broad SMARTS) is 1. The molecule has 174 valence electrons. The van der Waals surface area contributed by atoms with Gasteiger partial charge in [-0.15, -0.1) is 0 Å². The number of hydrogen-bond donors (Lipinski definition) is 2. The zero-order valence-electron chi connectivity index (χ0n) is 19.4. The van der Waals surface area contributed by atoms with Crippen molar-refractivity contribution in [3.63, 3.8) is 0 Å². The molecule has 4 nitrogen and oxygen atoms in total. The second-order valence-electron chi connectivity index (χ2n) is 10.7. The molecule has 3 aliphatic rings. The van der Waals surface area contributed by atoms with Gasteiger partial charge in [0, 0.05) is 16.8 Å². The molecule has 33 heavy (non-hydrogen) atoms. The summed E-state index contributed by atoms with van der Waals surface area (Å²) in [6, 6.07) is 11.4. The smallest absolute Gasteiger partial charge is 0.335 e. The summed E-state index contributed by atoms with van der Waals surface area (Å²) < 4.78 is 6.41. The van der Waals surface area contributed by atoms with Gasteiger partial charge in [0.1, 0.15) is 11.4 Å². The highest BCUT2D eigenvalue weighted by atomic mass is 35.5. The summed E-state index contributed by atoms with van der Waals surface area (Å²) in [6.45, 7) is 4.34. The lowest BCUT2D eigenvalue weighted by Gasteiger charge is -2.39. The van der Waals surface area contributed by atoms with Crippen LogP contribution in [0.1, 0.15) is 79.4 Å². The third-order valence-corrected chi connectivity index (χ3v) is 7.96. The van der Waals surface area contributed by atoms with Gasteiger partial charge in [-0.1, -0.05) is 23.7 Å². The minimum absolute atomic E-state index is 0.120. The molecule has 2 aromatic rings. The van der Waals surface area contributed by atoms with Gasteiger partial charge in [-0.25, -0.2) is 4.79 Å². The minimum Gasteiger partial charge on any atom is -0.487 e. The second kappa shape index (κ2) is 8.39. The Morgan fingerprint density at radius 2 is 1.88 bits per heavy atom. The van der Waals surface area contributed by atoms with E-state index in [4.69, 9.17) is 21.4 Å². The number of halogens is 1. The Labute approximate surface area is 201 Å². The lowest BCUT2D eigenvalue weighted by Crippen LogP contribution is -2.42. The molecule has 2 aliphatic heterocycles. The Morgan fingerprint density at radius 3 is 2.58 bits per heavy atom. The molecular formula is C28H32ClNO3. The molecular weight excluding hydrogens is 434 g/mol. The van der Waals surface area contributed by atoms with Gasteiger partial charge in [-0.05, 0) is 118 Å². The largest absolute Gasteiger partial charge is 0.487 e. The maximum atomic E-state index is 11.1. The van der Waals surface area contributed by atoms with Gasteiger partial charge in [-0.2, -0.15) is 0 Å². The summed E-state index contributed by atoms with van der Waals surface area (Å²) in [4.78, 5) is 11.1. The fraction of sp³-hybridized carbons (Fsp3) is 0.464. The zero-order chi connectivity index (χ0) is 23.2. The predicted molar refractivity (Wildman–Crippen MR) is 132 cm³/mol. The molecule has 0 radical (unpaired) electrons. The van der Waals surface area contributed by atoms with E-state index in [1.165, 1.54) is 29.5 Å². The normalized spacial score (nSPS) is 25.7. The summed E-state index contributed by atoms with van der Waals surface area (Å²) in [7, 11) is 0. The number of carbonyl (C=O) groups is 1. The zero-order valence-corrected chi connectivity index (χ0v) is 20.2. The molecule has 5 heteroatoms. The number of carboxylic acids is 1. The van der Waals surface area contributed by atoms with Crippen LogP contribution in [0.2, 0.25) is 5.02 Å². The van der Waals surface area contributed by atoms with E-state index in [9.17, 15) is 4.79 Å². The molecule has 2 aromatic carbocycles. The predicted octanol–water partition coefficient (Wildman–Crippen LogP) is 6.65. The van der Waals surface area contributed by atoms with Gasteiger partial charge in [0.05, 0.1) is 5.56 Å². The number of rotatable bonds is 4. The van der Waals surface area contributed by atoms with E-state index in [2.05, 4.69) is 37.5 Å². The number of ether oxygens (including phenoxy) is 1. The number of nitrogens with one attached hydrogen (secondary N) is 1.